The van der Waals surface area contributed by atoms with Crippen LogP contribution in [0.4, 0.5) is 0 Å². The van der Waals surface area contributed by atoms with Crippen molar-refractivity contribution < 1.29 is 0 Å². The topological polar surface area (TPSA) is 49.9 Å². The minimum absolute atomic E-state index is 0.752. The maximum absolute atomic E-state index is 6.83. The maximum Gasteiger partial charge on any atom is 0.0226 e. The van der Waals surface area contributed by atoms with Crippen LogP contribution < -0.4 is 5.73 Å². The summed E-state index contributed by atoms with van der Waals surface area (Å²) >= 11 is 0. The largest absolute Gasteiger partial charge is 0.402 e. The lowest BCUT2D eigenvalue weighted by molar-refractivity contribution is 1.11. The zero-order chi connectivity index (χ0) is 6.57. The van der Waals surface area contributed by atoms with Gasteiger partial charge in [-0.3, -0.25) is 0 Å². The fourth-order valence-corrected chi connectivity index (χ4v) is 0.495. The SMILES string of the molecule is CCC(C=N)=C(C)N. The summed E-state index contributed by atoms with van der Waals surface area (Å²) in [6, 6.07) is 0. The molecule has 0 heterocycles. The average molecular weight is 112 g/mol. The molecule has 0 amide bonds. The molecule has 0 radical (unpaired) electrons. The van der Waals surface area contributed by atoms with Crippen molar-refractivity contribution in [2.75, 3.05) is 0 Å². The van der Waals surface area contributed by atoms with Crippen LogP contribution in [0.25, 0.3) is 0 Å². The Morgan fingerprint density at radius 3 is 2.25 bits per heavy atom. The van der Waals surface area contributed by atoms with Crippen LogP contribution in [0.2, 0.25) is 0 Å². The second kappa shape index (κ2) is 3.24. The van der Waals surface area contributed by atoms with E-state index in [2.05, 4.69) is 0 Å². The molecule has 2 heteroatoms. The van der Waals surface area contributed by atoms with Crippen LogP contribution in [0, 0.1) is 5.41 Å². The van der Waals surface area contributed by atoms with Gasteiger partial charge >= 0.3 is 0 Å². The summed E-state index contributed by atoms with van der Waals surface area (Å²) in [6.07, 6.45) is 2.15. The Morgan fingerprint density at radius 2 is 2.25 bits per heavy atom. The first-order valence-corrected chi connectivity index (χ1v) is 2.68. The Hall–Kier alpha value is -0.790. The van der Waals surface area contributed by atoms with E-state index in [1.54, 1.807) is 0 Å². The minimum atomic E-state index is 0.752. The lowest BCUT2D eigenvalue weighted by atomic mass is 10.2. The van der Waals surface area contributed by atoms with Gasteiger partial charge in [-0.25, -0.2) is 0 Å². The van der Waals surface area contributed by atoms with E-state index in [1.165, 1.54) is 6.21 Å². The highest BCUT2D eigenvalue weighted by Gasteiger charge is 1.88. The molecule has 0 aliphatic rings. The molecule has 0 spiro atoms. The Balaban J connectivity index is 4.07. The van der Waals surface area contributed by atoms with Crippen molar-refractivity contribution >= 4 is 6.21 Å². The molecule has 0 aliphatic carbocycles. The quantitative estimate of drug-likeness (QED) is 0.519. The summed E-state index contributed by atoms with van der Waals surface area (Å²) in [5.74, 6) is 0. The van der Waals surface area contributed by atoms with Crippen molar-refractivity contribution in [2.45, 2.75) is 20.3 Å². The summed E-state index contributed by atoms with van der Waals surface area (Å²) in [7, 11) is 0. The first-order chi connectivity index (χ1) is 3.72. The zero-order valence-electron chi connectivity index (χ0n) is 5.36. The van der Waals surface area contributed by atoms with Gasteiger partial charge in [0, 0.05) is 11.9 Å². The molecule has 0 atom stereocenters. The van der Waals surface area contributed by atoms with Crippen LogP contribution in [0.15, 0.2) is 11.3 Å². The summed E-state index contributed by atoms with van der Waals surface area (Å²) < 4.78 is 0. The van der Waals surface area contributed by atoms with E-state index >= 15 is 0 Å². The Bertz CT molecular complexity index is 110. The smallest absolute Gasteiger partial charge is 0.0226 e. The fraction of sp³-hybridized carbons (Fsp3) is 0.500. The van der Waals surface area contributed by atoms with Gasteiger partial charge in [0.05, 0.1) is 0 Å². The second-order valence-corrected chi connectivity index (χ2v) is 1.71. The molecule has 0 aromatic rings. The van der Waals surface area contributed by atoms with E-state index in [1.807, 2.05) is 13.8 Å². The van der Waals surface area contributed by atoms with Crippen molar-refractivity contribution in [2.24, 2.45) is 5.73 Å². The van der Waals surface area contributed by atoms with E-state index in [-0.39, 0.29) is 0 Å². The molecule has 0 saturated heterocycles. The van der Waals surface area contributed by atoms with Gasteiger partial charge in [-0.15, -0.1) is 0 Å². The van der Waals surface area contributed by atoms with Crippen LogP contribution >= 0.6 is 0 Å². The molecule has 0 bridgehead atoms. The molecule has 0 unspecified atom stereocenters. The van der Waals surface area contributed by atoms with Gasteiger partial charge in [-0.05, 0) is 18.9 Å². The third kappa shape index (κ3) is 1.78. The summed E-state index contributed by atoms with van der Waals surface area (Å²) in [5.41, 5.74) is 7.06. The van der Waals surface area contributed by atoms with E-state index in [4.69, 9.17) is 11.1 Å². The molecule has 0 aromatic carbocycles. The van der Waals surface area contributed by atoms with Crippen molar-refractivity contribution in [3.05, 3.63) is 11.3 Å². The fourth-order valence-electron chi connectivity index (χ4n) is 0.495. The summed E-state index contributed by atoms with van der Waals surface area (Å²) in [5, 5.41) is 6.83. The molecule has 0 aliphatic heterocycles. The van der Waals surface area contributed by atoms with Crippen LogP contribution in [0.5, 0.6) is 0 Å². The Kier molecular flexibility index (Phi) is 2.92. The second-order valence-electron chi connectivity index (χ2n) is 1.71. The Morgan fingerprint density at radius 1 is 1.75 bits per heavy atom. The third-order valence-corrected chi connectivity index (χ3v) is 1.06. The molecular weight excluding hydrogens is 100 g/mol. The van der Waals surface area contributed by atoms with Gasteiger partial charge in [0.15, 0.2) is 0 Å². The third-order valence-electron chi connectivity index (χ3n) is 1.06. The molecule has 46 valence electrons. The van der Waals surface area contributed by atoms with Gasteiger partial charge < -0.3 is 11.1 Å². The molecule has 2 nitrogen and oxygen atoms in total. The normalized spacial score (nSPS) is 12.8. The van der Waals surface area contributed by atoms with Crippen LogP contribution in [-0.2, 0) is 0 Å². The molecular formula is C6H12N2. The van der Waals surface area contributed by atoms with Crippen molar-refractivity contribution in [3.63, 3.8) is 0 Å². The number of nitrogens with one attached hydrogen (secondary N) is 1. The predicted molar refractivity (Wildman–Crippen MR) is 36.0 cm³/mol. The standard InChI is InChI=1S/C6H12N2/c1-3-6(4-7)5(2)8/h4,7H,3,8H2,1-2H3. The lowest BCUT2D eigenvalue weighted by Gasteiger charge is -1.95. The van der Waals surface area contributed by atoms with Crippen molar-refractivity contribution in [1.82, 2.24) is 0 Å². The monoisotopic (exact) mass is 112 g/mol. The summed E-state index contributed by atoms with van der Waals surface area (Å²) in [4.78, 5) is 0. The molecule has 0 saturated carbocycles. The van der Waals surface area contributed by atoms with Crippen LogP contribution in [-0.4, -0.2) is 6.21 Å². The van der Waals surface area contributed by atoms with E-state index < -0.39 is 0 Å². The first-order valence-electron chi connectivity index (χ1n) is 2.68. The maximum atomic E-state index is 6.83. The highest BCUT2D eigenvalue weighted by Crippen LogP contribution is 1.98. The zero-order valence-corrected chi connectivity index (χ0v) is 5.36. The van der Waals surface area contributed by atoms with Gasteiger partial charge in [-0.1, -0.05) is 6.92 Å². The van der Waals surface area contributed by atoms with E-state index in [9.17, 15) is 0 Å². The van der Waals surface area contributed by atoms with Gasteiger partial charge in [0.25, 0.3) is 0 Å². The molecule has 0 fully saturated rings. The Labute approximate surface area is 49.9 Å². The number of rotatable bonds is 2. The number of hydrogen-bond donors (Lipinski definition) is 2. The van der Waals surface area contributed by atoms with Crippen molar-refractivity contribution in [1.29, 1.82) is 5.41 Å². The molecule has 8 heavy (non-hydrogen) atoms. The van der Waals surface area contributed by atoms with Gasteiger partial charge in [-0.2, -0.15) is 0 Å². The minimum Gasteiger partial charge on any atom is -0.402 e. The van der Waals surface area contributed by atoms with E-state index in [0.29, 0.717) is 0 Å². The van der Waals surface area contributed by atoms with Crippen LogP contribution in [0.1, 0.15) is 20.3 Å². The highest BCUT2D eigenvalue weighted by atomic mass is 14.6. The summed E-state index contributed by atoms with van der Waals surface area (Å²) in [6.45, 7) is 3.79. The van der Waals surface area contributed by atoms with Crippen LogP contribution in [0.3, 0.4) is 0 Å². The van der Waals surface area contributed by atoms with E-state index in [0.717, 1.165) is 17.7 Å². The molecule has 0 aromatic heterocycles. The average Bonchev–Trinajstić information content (AvgIpc) is 1.69. The van der Waals surface area contributed by atoms with Gasteiger partial charge in [0.2, 0.25) is 0 Å². The number of nitrogens with two attached hydrogens (primary N) is 1. The van der Waals surface area contributed by atoms with Gasteiger partial charge in [0.1, 0.15) is 0 Å². The predicted octanol–water partition coefficient (Wildman–Crippen LogP) is 1.28. The highest BCUT2D eigenvalue weighted by molar-refractivity contribution is 5.76. The molecule has 0 rings (SSSR count). The number of hydrogen-bond acceptors (Lipinski definition) is 2. The molecule has 3 N–H and O–H groups in total. The number of allylic oxidation sites excluding steroid dienone is 2. The van der Waals surface area contributed by atoms with Crippen molar-refractivity contribution in [3.8, 4) is 0 Å². The first kappa shape index (κ1) is 7.21. The lowest BCUT2D eigenvalue weighted by Crippen LogP contribution is -1.97.